The van der Waals surface area contributed by atoms with Gasteiger partial charge in [0.1, 0.15) is 24.7 Å². The second-order valence-electron chi connectivity index (χ2n) is 8.80. The van der Waals surface area contributed by atoms with E-state index in [1.54, 1.807) is 0 Å². The third-order valence-electron chi connectivity index (χ3n) is 7.26. The van der Waals surface area contributed by atoms with Gasteiger partial charge in [-0.25, -0.2) is 0 Å². The van der Waals surface area contributed by atoms with E-state index in [2.05, 4.69) is 40.1 Å². The first-order valence-electron chi connectivity index (χ1n) is 9.79. The molecule has 0 spiro atoms. The molecule has 0 aromatic heterocycles. The molecule has 4 bridgehead atoms. The fraction of sp³-hybridized carbons (Fsp3) is 0.667. The summed E-state index contributed by atoms with van der Waals surface area (Å²) in [4.78, 5) is 2.68. The number of rotatable bonds is 4. The molecule has 0 radical (unpaired) electrons. The van der Waals surface area contributed by atoms with Gasteiger partial charge in [0, 0.05) is 0 Å². The summed E-state index contributed by atoms with van der Waals surface area (Å²) >= 11 is 0. The monoisotopic (exact) mass is 325 g/mol. The summed E-state index contributed by atoms with van der Waals surface area (Å²) in [7, 11) is 0. The second-order valence-corrected chi connectivity index (χ2v) is 8.80. The number of hydrogen-bond donors (Lipinski definition) is 1. The summed E-state index contributed by atoms with van der Waals surface area (Å²) in [5.74, 6) is 2.96. The van der Waals surface area contributed by atoms with Crippen molar-refractivity contribution in [3.8, 4) is 0 Å². The minimum absolute atomic E-state index is 0.102. The number of aliphatic hydroxyl groups excluding tert-OH is 1. The Bertz CT molecular complexity index is 603. The van der Waals surface area contributed by atoms with Crippen LogP contribution in [0.3, 0.4) is 0 Å². The fourth-order valence-corrected chi connectivity index (χ4v) is 6.61. The molecule has 4 fully saturated rings. The van der Waals surface area contributed by atoms with Gasteiger partial charge in [0.25, 0.3) is 0 Å². The topological polar surface area (TPSA) is 26.5 Å². The lowest BCUT2D eigenvalue weighted by Crippen LogP contribution is -2.59. The van der Waals surface area contributed by atoms with Gasteiger partial charge >= 0.3 is 0 Å². The zero-order chi connectivity index (χ0) is 16.1. The molecule has 1 atom stereocenters. The maximum atomic E-state index is 9.98. The predicted octanol–water partition coefficient (Wildman–Crippen LogP) is 3.05. The van der Waals surface area contributed by atoms with Crippen molar-refractivity contribution < 1.29 is 9.68 Å². The van der Waals surface area contributed by atoms with E-state index in [1.807, 2.05) is 6.07 Å². The third-order valence-corrected chi connectivity index (χ3v) is 7.26. The summed E-state index contributed by atoms with van der Waals surface area (Å²) in [5.41, 5.74) is 1.67. The molecule has 1 aromatic rings. The van der Waals surface area contributed by atoms with Crippen molar-refractivity contribution in [3.05, 3.63) is 35.9 Å². The highest BCUT2D eigenvalue weighted by Gasteiger charge is 2.57. The SMILES string of the molecule is OC[C@@H](c1ccccc1)[N+]1=CN(C23CC4CC(CC(C4)C2)C3)CC1. The standard InChI is InChI=1S/C21H29N2O/c24-14-20(19-4-2-1-3-5-19)22-6-7-23(15-22)21-11-16-8-17(12-21)10-18(9-16)13-21/h1-5,15-18,20,24H,6-14H2/q+1/t16?,17?,18?,20-,21?/m0/s1. The van der Waals surface area contributed by atoms with Crippen LogP contribution in [0.2, 0.25) is 0 Å². The summed E-state index contributed by atoms with van der Waals surface area (Å²) < 4.78 is 2.38. The van der Waals surface area contributed by atoms with Crippen molar-refractivity contribution >= 4 is 6.34 Å². The molecule has 1 heterocycles. The highest BCUT2D eigenvalue weighted by molar-refractivity contribution is 5.53. The summed E-state index contributed by atoms with van der Waals surface area (Å²) in [6.45, 7) is 2.37. The Morgan fingerprint density at radius 2 is 1.67 bits per heavy atom. The normalized spacial score (nSPS) is 38.5. The minimum Gasteiger partial charge on any atom is -0.392 e. The van der Waals surface area contributed by atoms with Crippen LogP contribution < -0.4 is 0 Å². The van der Waals surface area contributed by atoms with Crippen LogP contribution in [0, 0.1) is 17.8 Å². The minimum atomic E-state index is 0.102. The molecule has 1 N–H and O–H groups in total. The fourth-order valence-electron chi connectivity index (χ4n) is 6.61. The molecule has 6 rings (SSSR count). The number of nitrogens with zero attached hydrogens (tertiary/aromatic N) is 2. The Morgan fingerprint density at radius 1 is 1.04 bits per heavy atom. The molecule has 24 heavy (non-hydrogen) atoms. The van der Waals surface area contributed by atoms with E-state index < -0.39 is 0 Å². The van der Waals surface area contributed by atoms with E-state index in [9.17, 15) is 5.11 Å². The highest BCUT2D eigenvalue weighted by Crippen LogP contribution is 2.57. The maximum Gasteiger partial charge on any atom is 0.235 e. The zero-order valence-electron chi connectivity index (χ0n) is 14.5. The summed E-state index contributed by atoms with van der Waals surface area (Å²) in [5, 5.41) is 9.98. The van der Waals surface area contributed by atoms with Gasteiger partial charge in [-0.2, -0.15) is 0 Å². The summed E-state index contributed by atoms with van der Waals surface area (Å²) in [6.07, 6.45) is 11.1. The van der Waals surface area contributed by atoms with Crippen LogP contribution in [-0.2, 0) is 0 Å². The van der Waals surface area contributed by atoms with E-state index in [0.717, 1.165) is 30.8 Å². The first-order valence-corrected chi connectivity index (χ1v) is 9.79. The van der Waals surface area contributed by atoms with Crippen LogP contribution in [0.4, 0.5) is 0 Å². The van der Waals surface area contributed by atoms with Gasteiger partial charge < -0.3 is 5.11 Å². The molecule has 4 aliphatic carbocycles. The van der Waals surface area contributed by atoms with Crippen LogP contribution in [0.1, 0.15) is 50.1 Å². The van der Waals surface area contributed by atoms with Gasteiger partial charge in [0.2, 0.25) is 6.34 Å². The van der Waals surface area contributed by atoms with Crippen molar-refractivity contribution in [2.24, 2.45) is 17.8 Å². The molecular weight excluding hydrogens is 296 g/mol. The van der Waals surface area contributed by atoms with Crippen LogP contribution in [0.15, 0.2) is 30.3 Å². The van der Waals surface area contributed by atoms with E-state index in [1.165, 1.54) is 44.1 Å². The number of hydrogen-bond acceptors (Lipinski definition) is 2. The molecule has 0 amide bonds. The number of benzene rings is 1. The molecule has 0 unspecified atom stereocenters. The van der Waals surface area contributed by atoms with Gasteiger partial charge in [-0.1, -0.05) is 30.3 Å². The Labute approximate surface area is 145 Å². The predicted molar refractivity (Wildman–Crippen MR) is 95.1 cm³/mol. The molecule has 5 aliphatic rings. The van der Waals surface area contributed by atoms with Crippen molar-refractivity contribution in [2.45, 2.75) is 50.1 Å². The average molecular weight is 325 g/mol. The van der Waals surface area contributed by atoms with Gasteiger partial charge in [-0.3, -0.25) is 9.48 Å². The van der Waals surface area contributed by atoms with Crippen LogP contribution >= 0.6 is 0 Å². The Hall–Kier alpha value is -1.35. The molecular formula is C21H29N2O+. The van der Waals surface area contributed by atoms with Crippen molar-refractivity contribution in [3.63, 3.8) is 0 Å². The molecule has 3 heteroatoms. The van der Waals surface area contributed by atoms with E-state index in [0.29, 0.717) is 5.54 Å². The lowest BCUT2D eigenvalue weighted by atomic mass is 9.52. The molecule has 0 saturated heterocycles. The quantitative estimate of drug-likeness (QED) is 0.861. The molecule has 128 valence electrons. The smallest absolute Gasteiger partial charge is 0.235 e. The average Bonchev–Trinajstić information content (AvgIpc) is 3.06. The van der Waals surface area contributed by atoms with Crippen molar-refractivity contribution in [1.29, 1.82) is 0 Å². The third kappa shape index (κ3) is 2.32. The number of aliphatic hydroxyl groups is 1. The van der Waals surface area contributed by atoms with Gasteiger partial charge in [-0.05, 0) is 61.8 Å². The Balaban J connectivity index is 1.41. The van der Waals surface area contributed by atoms with Crippen molar-refractivity contribution in [1.82, 2.24) is 4.90 Å². The van der Waals surface area contributed by atoms with E-state index in [-0.39, 0.29) is 12.6 Å². The highest BCUT2D eigenvalue weighted by atomic mass is 16.3. The van der Waals surface area contributed by atoms with E-state index in [4.69, 9.17) is 0 Å². The molecule has 4 saturated carbocycles. The van der Waals surface area contributed by atoms with Gasteiger partial charge in [0.05, 0.1) is 6.61 Å². The lowest BCUT2D eigenvalue weighted by molar-refractivity contribution is -0.563. The van der Waals surface area contributed by atoms with Gasteiger partial charge in [0.15, 0.2) is 0 Å². The lowest BCUT2D eigenvalue weighted by Gasteiger charge is -2.56. The van der Waals surface area contributed by atoms with Crippen LogP contribution in [-0.4, -0.2) is 46.2 Å². The Morgan fingerprint density at radius 3 is 2.25 bits per heavy atom. The second kappa shape index (κ2) is 5.59. The molecule has 1 aromatic carbocycles. The van der Waals surface area contributed by atoms with Crippen LogP contribution in [0.5, 0.6) is 0 Å². The van der Waals surface area contributed by atoms with Gasteiger partial charge in [-0.15, -0.1) is 0 Å². The first kappa shape index (κ1) is 14.9. The maximum absolute atomic E-state index is 9.98. The first-order chi connectivity index (χ1) is 11.8. The van der Waals surface area contributed by atoms with Crippen molar-refractivity contribution in [2.75, 3.05) is 19.7 Å². The molecule has 1 aliphatic heterocycles. The molecule has 3 nitrogen and oxygen atoms in total. The zero-order valence-corrected chi connectivity index (χ0v) is 14.5. The van der Waals surface area contributed by atoms with E-state index >= 15 is 0 Å². The van der Waals surface area contributed by atoms with Crippen LogP contribution in [0.25, 0.3) is 0 Å². The summed E-state index contributed by atoms with van der Waals surface area (Å²) in [6, 6.07) is 10.6. The largest absolute Gasteiger partial charge is 0.392 e. The Kier molecular flexibility index (Phi) is 3.48.